The molecule has 134 valence electrons. The van der Waals surface area contributed by atoms with Gasteiger partial charge in [0.2, 0.25) is 0 Å². The zero-order valence-electron chi connectivity index (χ0n) is 14.5. The van der Waals surface area contributed by atoms with Gasteiger partial charge in [0, 0.05) is 37.3 Å². The number of amides is 1. The van der Waals surface area contributed by atoms with E-state index >= 15 is 0 Å². The van der Waals surface area contributed by atoms with Crippen LogP contribution in [0.4, 0.5) is 0 Å². The van der Waals surface area contributed by atoms with Gasteiger partial charge >= 0.3 is 0 Å². The van der Waals surface area contributed by atoms with Crippen LogP contribution in [0.1, 0.15) is 35.0 Å². The van der Waals surface area contributed by atoms with Crippen LogP contribution in [-0.4, -0.2) is 48.5 Å². The van der Waals surface area contributed by atoms with Gasteiger partial charge in [0.1, 0.15) is 18.5 Å². The summed E-state index contributed by atoms with van der Waals surface area (Å²) in [6.45, 7) is 4.51. The predicted octanol–water partition coefficient (Wildman–Crippen LogP) is 0.495. The normalized spacial score (nSPS) is 15.1. The lowest BCUT2D eigenvalue weighted by Gasteiger charge is -2.15. The molecule has 0 fully saturated rings. The molecule has 0 saturated carbocycles. The monoisotopic (exact) mass is 352 g/mol. The van der Waals surface area contributed by atoms with Crippen LogP contribution < -0.4 is 10.6 Å². The quantitative estimate of drug-likeness (QED) is 0.709. The lowest BCUT2D eigenvalue weighted by molar-refractivity contribution is 0.0937. The average Bonchev–Trinajstić information content (AvgIpc) is 3.27. The Kier molecular flexibility index (Phi) is 4.44. The van der Waals surface area contributed by atoms with Crippen molar-refractivity contribution in [3.8, 4) is 5.69 Å². The van der Waals surface area contributed by atoms with Gasteiger partial charge in [-0.3, -0.25) is 9.36 Å². The number of aromatic nitrogens is 6. The molecule has 1 amide bonds. The molecule has 2 aromatic heterocycles. The molecule has 1 aliphatic heterocycles. The van der Waals surface area contributed by atoms with Gasteiger partial charge in [-0.2, -0.15) is 0 Å². The van der Waals surface area contributed by atoms with Crippen LogP contribution in [0.3, 0.4) is 0 Å². The fraction of sp³-hybridized carbons (Fsp3) is 0.353. The van der Waals surface area contributed by atoms with Gasteiger partial charge in [-0.1, -0.05) is 6.07 Å². The maximum absolute atomic E-state index is 12.7. The molecule has 0 aliphatic carbocycles. The van der Waals surface area contributed by atoms with Crippen LogP contribution in [-0.2, 0) is 13.0 Å². The molecule has 0 radical (unpaired) electrons. The van der Waals surface area contributed by atoms with Crippen LogP contribution in [0.2, 0.25) is 0 Å². The predicted molar refractivity (Wildman–Crippen MR) is 93.8 cm³/mol. The van der Waals surface area contributed by atoms with E-state index in [-0.39, 0.29) is 11.9 Å². The van der Waals surface area contributed by atoms with Crippen LogP contribution in [0.25, 0.3) is 5.69 Å². The molecule has 2 N–H and O–H groups in total. The lowest BCUT2D eigenvalue weighted by atomic mass is 10.1. The zero-order valence-corrected chi connectivity index (χ0v) is 14.5. The van der Waals surface area contributed by atoms with E-state index in [1.165, 1.54) is 0 Å². The molecule has 0 unspecified atom stereocenters. The molecule has 0 bridgehead atoms. The zero-order chi connectivity index (χ0) is 17.9. The van der Waals surface area contributed by atoms with E-state index in [0.29, 0.717) is 5.56 Å². The van der Waals surface area contributed by atoms with Crippen molar-refractivity contribution in [3.63, 3.8) is 0 Å². The van der Waals surface area contributed by atoms with Crippen molar-refractivity contribution >= 4 is 5.91 Å². The Morgan fingerprint density at radius 3 is 2.92 bits per heavy atom. The highest BCUT2D eigenvalue weighted by molar-refractivity contribution is 5.94. The Labute approximate surface area is 150 Å². The molecule has 4 rings (SSSR count). The number of benzene rings is 1. The van der Waals surface area contributed by atoms with Crippen molar-refractivity contribution in [3.05, 3.63) is 54.1 Å². The summed E-state index contributed by atoms with van der Waals surface area (Å²) in [6, 6.07) is 7.09. The fourth-order valence-corrected chi connectivity index (χ4v) is 3.10. The lowest BCUT2D eigenvalue weighted by Crippen LogP contribution is -2.29. The van der Waals surface area contributed by atoms with Crippen molar-refractivity contribution in [1.82, 2.24) is 40.2 Å². The number of nitrogens with one attached hydrogen (secondary N) is 2. The standard InChI is InChI=1S/C17H20N8O/c1-12(16-23-22-15-5-6-18-7-8-25(15)16)21-17(26)13-3-2-4-14(9-13)24-10-19-20-11-24/h2-4,9-12,18H,5-8H2,1H3,(H,21,26)/t12-/m0/s1. The molecule has 9 nitrogen and oxygen atoms in total. The first-order chi connectivity index (χ1) is 12.7. The molecule has 9 heteroatoms. The summed E-state index contributed by atoms with van der Waals surface area (Å²) in [5, 5.41) is 22.5. The third-order valence-corrected chi connectivity index (χ3v) is 4.45. The highest BCUT2D eigenvalue weighted by Crippen LogP contribution is 2.15. The molecular weight excluding hydrogens is 332 g/mol. The maximum Gasteiger partial charge on any atom is 0.251 e. The van der Waals surface area contributed by atoms with Gasteiger partial charge in [0.15, 0.2) is 5.82 Å². The van der Waals surface area contributed by atoms with Gasteiger partial charge in [-0.25, -0.2) is 0 Å². The summed E-state index contributed by atoms with van der Waals surface area (Å²) in [5.41, 5.74) is 1.40. The van der Waals surface area contributed by atoms with Crippen molar-refractivity contribution in [1.29, 1.82) is 0 Å². The van der Waals surface area contributed by atoms with Gasteiger partial charge in [0.05, 0.1) is 6.04 Å². The summed E-state index contributed by atoms with van der Waals surface area (Å²) in [5.74, 6) is 1.59. The molecule has 3 aromatic rings. The smallest absolute Gasteiger partial charge is 0.251 e. The Hall–Kier alpha value is -3.07. The van der Waals surface area contributed by atoms with Gasteiger partial charge in [-0.15, -0.1) is 20.4 Å². The average molecular weight is 352 g/mol. The summed E-state index contributed by atoms with van der Waals surface area (Å²) < 4.78 is 3.85. The largest absolute Gasteiger partial charge is 0.342 e. The summed E-state index contributed by atoms with van der Waals surface area (Å²) in [4.78, 5) is 12.7. The Bertz CT molecular complexity index is 901. The number of carbonyl (C=O) groups excluding carboxylic acids is 1. The van der Waals surface area contributed by atoms with Crippen LogP contribution >= 0.6 is 0 Å². The van der Waals surface area contributed by atoms with Crippen molar-refractivity contribution in [2.75, 3.05) is 13.1 Å². The van der Waals surface area contributed by atoms with Crippen LogP contribution in [0.5, 0.6) is 0 Å². The number of hydrogen-bond donors (Lipinski definition) is 2. The topological polar surface area (TPSA) is 103 Å². The van der Waals surface area contributed by atoms with E-state index in [0.717, 1.165) is 43.4 Å². The Balaban J connectivity index is 1.52. The molecular formula is C17H20N8O. The van der Waals surface area contributed by atoms with E-state index in [9.17, 15) is 4.79 Å². The third-order valence-electron chi connectivity index (χ3n) is 4.45. The Morgan fingerprint density at radius 2 is 2.08 bits per heavy atom. The highest BCUT2D eigenvalue weighted by Gasteiger charge is 2.21. The summed E-state index contributed by atoms with van der Waals surface area (Å²) >= 11 is 0. The molecule has 1 atom stereocenters. The third kappa shape index (κ3) is 3.21. The van der Waals surface area contributed by atoms with E-state index in [2.05, 4.69) is 35.6 Å². The molecule has 1 aromatic carbocycles. The fourth-order valence-electron chi connectivity index (χ4n) is 3.10. The van der Waals surface area contributed by atoms with E-state index < -0.39 is 0 Å². The van der Waals surface area contributed by atoms with Gasteiger partial charge in [-0.05, 0) is 25.1 Å². The van der Waals surface area contributed by atoms with E-state index in [4.69, 9.17) is 0 Å². The first kappa shape index (κ1) is 16.4. The number of rotatable bonds is 4. The number of nitrogens with zero attached hydrogens (tertiary/aromatic N) is 6. The van der Waals surface area contributed by atoms with E-state index in [1.807, 2.05) is 19.1 Å². The summed E-state index contributed by atoms with van der Waals surface area (Å²) in [6.07, 6.45) is 4.03. The SMILES string of the molecule is C[C@H](NC(=O)c1cccc(-n2cnnc2)c1)c1nnc2n1CCNCC2. The second-order valence-corrected chi connectivity index (χ2v) is 6.24. The first-order valence-electron chi connectivity index (χ1n) is 8.61. The minimum atomic E-state index is -0.236. The van der Waals surface area contributed by atoms with Crippen molar-refractivity contribution in [2.45, 2.75) is 25.9 Å². The Morgan fingerprint density at radius 1 is 1.23 bits per heavy atom. The van der Waals surface area contributed by atoms with Crippen molar-refractivity contribution in [2.24, 2.45) is 0 Å². The molecule has 26 heavy (non-hydrogen) atoms. The number of hydrogen-bond acceptors (Lipinski definition) is 6. The molecule has 3 heterocycles. The van der Waals surface area contributed by atoms with Gasteiger partial charge < -0.3 is 15.2 Å². The second-order valence-electron chi connectivity index (χ2n) is 6.24. The molecule has 0 saturated heterocycles. The van der Waals surface area contributed by atoms with Crippen LogP contribution in [0.15, 0.2) is 36.9 Å². The second kappa shape index (κ2) is 7.04. The molecule has 1 aliphatic rings. The number of fused-ring (bicyclic) bond motifs is 1. The highest BCUT2D eigenvalue weighted by atomic mass is 16.1. The van der Waals surface area contributed by atoms with Crippen molar-refractivity contribution < 1.29 is 4.79 Å². The van der Waals surface area contributed by atoms with Gasteiger partial charge in [0.25, 0.3) is 5.91 Å². The summed E-state index contributed by atoms with van der Waals surface area (Å²) in [7, 11) is 0. The minimum Gasteiger partial charge on any atom is -0.342 e. The van der Waals surface area contributed by atoms with E-state index in [1.54, 1.807) is 29.4 Å². The molecule has 0 spiro atoms. The maximum atomic E-state index is 12.7. The minimum absolute atomic E-state index is 0.156. The number of carbonyl (C=O) groups is 1. The first-order valence-corrected chi connectivity index (χ1v) is 8.61. The van der Waals surface area contributed by atoms with Crippen LogP contribution in [0, 0.1) is 0 Å².